The van der Waals surface area contributed by atoms with Crippen molar-refractivity contribution in [1.82, 2.24) is 4.90 Å². The van der Waals surface area contributed by atoms with E-state index in [0.29, 0.717) is 5.41 Å². The molecule has 0 aromatic rings. The molecule has 0 saturated carbocycles. The van der Waals surface area contributed by atoms with Crippen molar-refractivity contribution in [2.75, 3.05) is 26.2 Å². The molecule has 3 unspecified atom stereocenters. The first-order chi connectivity index (χ1) is 10.4. The Morgan fingerprint density at radius 2 is 1.87 bits per heavy atom. The average Bonchev–Trinajstić information content (AvgIpc) is 2.47. The predicted octanol–water partition coefficient (Wildman–Crippen LogP) is 5.29. The summed E-state index contributed by atoms with van der Waals surface area (Å²) in [6, 6.07) is 0. The number of allylic oxidation sites excluding steroid dienone is 2. The molecule has 1 heterocycles. The molecule has 134 valence electrons. The van der Waals surface area contributed by atoms with Gasteiger partial charge in [0.05, 0.1) is 12.7 Å². The Bertz CT molecular complexity index is 406. The lowest BCUT2D eigenvalue weighted by molar-refractivity contribution is 0.0471. The lowest BCUT2D eigenvalue weighted by Gasteiger charge is -2.35. The zero-order valence-corrected chi connectivity index (χ0v) is 18.0. The van der Waals surface area contributed by atoms with Gasteiger partial charge < -0.3 is 9.64 Å². The van der Waals surface area contributed by atoms with Crippen LogP contribution < -0.4 is 0 Å². The van der Waals surface area contributed by atoms with E-state index in [1.165, 1.54) is 31.5 Å². The van der Waals surface area contributed by atoms with Gasteiger partial charge in [-0.1, -0.05) is 52.8 Å². The fraction of sp³-hybridized carbons (Fsp3) is 0.800. The Morgan fingerprint density at radius 1 is 1.22 bits per heavy atom. The molecule has 0 spiro atoms. The highest BCUT2D eigenvalue weighted by atomic mass is 127. The third-order valence-corrected chi connectivity index (χ3v) is 5.41. The molecule has 1 fully saturated rings. The van der Waals surface area contributed by atoms with Crippen molar-refractivity contribution in [3.05, 3.63) is 23.8 Å². The molecule has 0 radical (unpaired) electrons. The lowest BCUT2D eigenvalue weighted by atomic mass is 9.79. The van der Waals surface area contributed by atoms with E-state index < -0.39 is 0 Å². The second kappa shape index (κ2) is 9.57. The molecule has 0 N–H and O–H groups in total. The SMILES string of the molecule is CCC(C)(C)C1=CCC(OCCN2CC(C)CC(C)C2)C=C1.I. The maximum Gasteiger partial charge on any atom is 0.0794 e. The first-order valence-corrected chi connectivity index (χ1v) is 9.13. The summed E-state index contributed by atoms with van der Waals surface area (Å²) < 4.78 is 6.08. The number of rotatable bonds is 6. The number of piperidine rings is 1. The smallest absolute Gasteiger partial charge is 0.0794 e. The van der Waals surface area contributed by atoms with Crippen molar-refractivity contribution in [2.45, 2.75) is 60.0 Å². The van der Waals surface area contributed by atoms with Crippen LogP contribution in [-0.2, 0) is 4.74 Å². The molecule has 1 aliphatic heterocycles. The Labute approximate surface area is 160 Å². The van der Waals surface area contributed by atoms with Crippen LogP contribution in [0.2, 0.25) is 0 Å². The van der Waals surface area contributed by atoms with Crippen molar-refractivity contribution < 1.29 is 4.74 Å². The quantitative estimate of drug-likeness (QED) is 0.528. The summed E-state index contributed by atoms with van der Waals surface area (Å²) in [5.41, 5.74) is 1.76. The monoisotopic (exact) mass is 433 g/mol. The third kappa shape index (κ3) is 6.50. The second-order valence-corrected chi connectivity index (χ2v) is 8.11. The molecule has 2 aliphatic rings. The molecule has 0 aromatic heterocycles. The van der Waals surface area contributed by atoms with Crippen LogP contribution in [-0.4, -0.2) is 37.2 Å². The highest BCUT2D eigenvalue weighted by molar-refractivity contribution is 14.0. The lowest BCUT2D eigenvalue weighted by Crippen LogP contribution is -2.40. The molecule has 1 aliphatic carbocycles. The normalized spacial score (nSPS) is 29.1. The molecular formula is C20H36INO. The summed E-state index contributed by atoms with van der Waals surface area (Å²) in [5.74, 6) is 1.67. The van der Waals surface area contributed by atoms with E-state index in [2.05, 4.69) is 57.7 Å². The molecule has 1 saturated heterocycles. The standard InChI is InChI=1S/C20H35NO.HI/c1-6-20(4,5)18-7-9-19(10-8-18)22-12-11-21-14-16(2)13-17(3)15-21;/h7-9,16-17,19H,6,10-15H2,1-5H3;1H. The number of hydrogen-bond donors (Lipinski definition) is 0. The predicted molar refractivity (Wildman–Crippen MR) is 110 cm³/mol. The van der Waals surface area contributed by atoms with Crippen LogP contribution >= 0.6 is 24.0 Å². The first kappa shape index (κ1) is 21.2. The molecule has 23 heavy (non-hydrogen) atoms. The minimum Gasteiger partial charge on any atom is -0.372 e. The molecule has 0 aromatic carbocycles. The summed E-state index contributed by atoms with van der Waals surface area (Å²) in [6.07, 6.45) is 10.8. The van der Waals surface area contributed by atoms with E-state index >= 15 is 0 Å². The van der Waals surface area contributed by atoms with E-state index in [9.17, 15) is 0 Å². The van der Waals surface area contributed by atoms with E-state index in [-0.39, 0.29) is 30.1 Å². The largest absolute Gasteiger partial charge is 0.372 e. The van der Waals surface area contributed by atoms with Gasteiger partial charge in [-0.3, -0.25) is 0 Å². The van der Waals surface area contributed by atoms with Crippen LogP contribution in [0.1, 0.15) is 53.9 Å². The number of hydrogen-bond acceptors (Lipinski definition) is 2. The fourth-order valence-electron chi connectivity index (χ4n) is 3.74. The van der Waals surface area contributed by atoms with Crippen molar-refractivity contribution in [3.8, 4) is 0 Å². The molecule has 0 bridgehead atoms. The summed E-state index contributed by atoms with van der Waals surface area (Å²) >= 11 is 0. The maximum atomic E-state index is 6.08. The summed E-state index contributed by atoms with van der Waals surface area (Å²) in [5, 5.41) is 0. The van der Waals surface area contributed by atoms with Crippen LogP contribution in [0.4, 0.5) is 0 Å². The zero-order chi connectivity index (χ0) is 16.2. The Morgan fingerprint density at radius 3 is 2.39 bits per heavy atom. The van der Waals surface area contributed by atoms with Gasteiger partial charge in [-0.2, -0.15) is 0 Å². The van der Waals surface area contributed by atoms with Gasteiger partial charge in [-0.15, -0.1) is 24.0 Å². The van der Waals surface area contributed by atoms with Crippen LogP contribution in [0.25, 0.3) is 0 Å². The van der Waals surface area contributed by atoms with Crippen molar-refractivity contribution in [3.63, 3.8) is 0 Å². The number of halogens is 1. The van der Waals surface area contributed by atoms with Crippen molar-refractivity contribution in [1.29, 1.82) is 0 Å². The Balaban J connectivity index is 0.00000264. The van der Waals surface area contributed by atoms with Gasteiger partial charge in [0.15, 0.2) is 0 Å². The molecule has 2 nitrogen and oxygen atoms in total. The molecule has 3 heteroatoms. The van der Waals surface area contributed by atoms with Gasteiger partial charge in [0.25, 0.3) is 0 Å². The third-order valence-electron chi connectivity index (χ3n) is 5.41. The summed E-state index contributed by atoms with van der Waals surface area (Å²) in [7, 11) is 0. The number of likely N-dealkylation sites (tertiary alicyclic amines) is 1. The second-order valence-electron chi connectivity index (χ2n) is 8.11. The fourth-order valence-corrected chi connectivity index (χ4v) is 3.74. The number of nitrogens with zero attached hydrogens (tertiary/aromatic N) is 1. The molecular weight excluding hydrogens is 397 g/mol. The zero-order valence-electron chi connectivity index (χ0n) is 15.7. The number of ether oxygens (including phenoxy) is 1. The minimum absolute atomic E-state index is 0. The Hall–Kier alpha value is 0.130. The molecule has 3 atom stereocenters. The molecule has 0 amide bonds. The van der Waals surface area contributed by atoms with Crippen LogP contribution in [0.3, 0.4) is 0 Å². The van der Waals surface area contributed by atoms with E-state index in [0.717, 1.165) is 31.4 Å². The van der Waals surface area contributed by atoms with Crippen molar-refractivity contribution in [2.24, 2.45) is 17.3 Å². The van der Waals surface area contributed by atoms with Crippen molar-refractivity contribution >= 4 is 24.0 Å². The first-order valence-electron chi connectivity index (χ1n) is 9.13. The van der Waals surface area contributed by atoms with Gasteiger partial charge in [-0.05, 0) is 42.1 Å². The van der Waals surface area contributed by atoms with Gasteiger partial charge in [0.2, 0.25) is 0 Å². The topological polar surface area (TPSA) is 12.5 Å². The molecule has 2 rings (SSSR count). The Kier molecular flexibility index (Phi) is 8.81. The van der Waals surface area contributed by atoms with E-state index in [1.807, 2.05) is 0 Å². The summed E-state index contributed by atoms with van der Waals surface area (Å²) in [6.45, 7) is 16.1. The van der Waals surface area contributed by atoms with E-state index in [1.54, 1.807) is 0 Å². The van der Waals surface area contributed by atoms with Crippen LogP contribution in [0.5, 0.6) is 0 Å². The van der Waals surface area contributed by atoms with E-state index in [4.69, 9.17) is 4.74 Å². The van der Waals surface area contributed by atoms with Gasteiger partial charge in [0.1, 0.15) is 0 Å². The van der Waals surface area contributed by atoms with Gasteiger partial charge >= 0.3 is 0 Å². The highest BCUT2D eigenvalue weighted by Gasteiger charge is 2.23. The highest BCUT2D eigenvalue weighted by Crippen LogP contribution is 2.33. The van der Waals surface area contributed by atoms with Gasteiger partial charge in [0, 0.05) is 19.6 Å². The summed E-state index contributed by atoms with van der Waals surface area (Å²) in [4.78, 5) is 2.58. The minimum atomic E-state index is 0. The average molecular weight is 433 g/mol. The van der Waals surface area contributed by atoms with Gasteiger partial charge in [-0.25, -0.2) is 0 Å². The van der Waals surface area contributed by atoms with Crippen LogP contribution in [0.15, 0.2) is 23.8 Å². The maximum absolute atomic E-state index is 6.08. The van der Waals surface area contributed by atoms with Crippen LogP contribution in [0, 0.1) is 17.3 Å².